The Balaban J connectivity index is 1.80. The minimum absolute atomic E-state index is 0.294. The molecule has 0 radical (unpaired) electrons. The summed E-state index contributed by atoms with van der Waals surface area (Å²) in [5, 5.41) is 2.87. The highest BCUT2D eigenvalue weighted by molar-refractivity contribution is 6.62. The molecule has 1 aliphatic heterocycles. The number of benzene rings is 1. The van der Waals surface area contributed by atoms with E-state index in [1.807, 2.05) is 54.5 Å². The molecule has 2 fully saturated rings. The number of carbonyl (C=O) groups excluding carboxylic acids is 1. The zero-order valence-electron chi connectivity index (χ0n) is 18.6. The normalized spacial score (nSPS) is 22.1. The molecule has 1 saturated carbocycles. The molecule has 1 aromatic carbocycles. The molecule has 0 bridgehead atoms. The van der Waals surface area contributed by atoms with Crippen LogP contribution in [0.3, 0.4) is 0 Å². The van der Waals surface area contributed by atoms with E-state index in [0.29, 0.717) is 12.0 Å². The molecular weight excluding hydrogens is 372 g/mol. The number of halogens is 1. The van der Waals surface area contributed by atoms with Crippen molar-refractivity contribution >= 4 is 18.7 Å². The van der Waals surface area contributed by atoms with Crippen molar-refractivity contribution in [1.82, 2.24) is 5.32 Å². The van der Waals surface area contributed by atoms with Crippen LogP contribution in [0, 0.1) is 5.82 Å². The van der Waals surface area contributed by atoms with Crippen molar-refractivity contribution in [3.8, 4) is 0 Å². The number of alkyl carbamates (subject to hydrolysis) is 1. The van der Waals surface area contributed by atoms with E-state index < -0.39 is 30.0 Å². The molecule has 7 heteroatoms. The Kier molecular flexibility index (Phi) is 5.54. The monoisotopic (exact) mass is 405 g/mol. The molecule has 160 valence electrons. The Hall–Kier alpha value is -1.60. The first kappa shape index (κ1) is 22.1. The lowest BCUT2D eigenvalue weighted by atomic mass is 9.63. The molecule has 1 amide bonds. The molecule has 29 heavy (non-hydrogen) atoms. The van der Waals surface area contributed by atoms with Gasteiger partial charge in [-0.2, -0.15) is 0 Å². The largest absolute Gasteiger partial charge is 0.494 e. The number of carbonyl (C=O) groups is 1. The van der Waals surface area contributed by atoms with Gasteiger partial charge in [0.05, 0.1) is 11.2 Å². The van der Waals surface area contributed by atoms with Crippen LogP contribution >= 0.6 is 0 Å². The average molecular weight is 405 g/mol. The summed E-state index contributed by atoms with van der Waals surface area (Å²) in [5.41, 5.74) is -0.295. The van der Waals surface area contributed by atoms with Crippen molar-refractivity contribution in [2.24, 2.45) is 0 Å². The highest BCUT2D eigenvalue weighted by Gasteiger charge is 2.52. The Bertz CT molecular complexity index is 768. The molecular formula is C22H33BFNO4. The van der Waals surface area contributed by atoms with Gasteiger partial charge in [-0.1, -0.05) is 12.5 Å². The number of rotatable bonds is 4. The summed E-state index contributed by atoms with van der Waals surface area (Å²) in [6.07, 6.45) is 2.36. The van der Waals surface area contributed by atoms with Crippen LogP contribution in [-0.4, -0.2) is 36.6 Å². The summed E-state index contributed by atoms with van der Waals surface area (Å²) in [6, 6.07) is 4.99. The van der Waals surface area contributed by atoms with Crippen molar-refractivity contribution in [2.75, 3.05) is 6.54 Å². The van der Waals surface area contributed by atoms with Gasteiger partial charge in [0.2, 0.25) is 0 Å². The van der Waals surface area contributed by atoms with Gasteiger partial charge in [0.15, 0.2) is 0 Å². The first-order chi connectivity index (χ1) is 13.2. The zero-order valence-corrected chi connectivity index (χ0v) is 18.6. The highest BCUT2D eigenvalue weighted by atomic mass is 19.1. The van der Waals surface area contributed by atoms with E-state index in [1.165, 1.54) is 6.07 Å². The molecule has 1 heterocycles. The van der Waals surface area contributed by atoms with Crippen LogP contribution in [0.15, 0.2) is 18.2 Å². The van der Waals surface area contributed by atoms with Crippen molar-refractivity contribution in [1.29, 1.82) is 0 Å². The number of ether oxygens (including phenoxy) is 1. The van der Waals surface area contributed by atoms with Gasteiger partial charge in [-0.25, -0.2) is 9.18 Å². The van der Waals surface area contributed by atoms with Gasteiger partial charge >= 0.3 is 13.2 Å². The number of hydrogen-bond donors (Lipinski definition) is 1. The molecule has 1 aromatic rings. The van der Waals surface area contributed by atoms with Crippen LogP contribution in [0.1, 0.15) is 73.3 Å². The highest BCUT2D eigenvalue weighted by Crippen LogP contribution is 2.43. The summed E-state index contributed by atoms with van der Waals surface area (Å²) in [4.78, 5) is 12.1. The van der Waals surface area contributed by atoms with Gasteiger partial charge in [0, 0.05) is 12.0 Å². The Morgan fingerprint density at radius 3 is 2.21 bits per heavy atom. The Morgan fingerprint density at radius 1 is 1.14 bits per heavy atom. The van der Waals surface area contributed by atoms with Crippen molar-refractivity contribution in [2.45, 2.75) is 89.9 Å². The molecule has 0 unspecified atom stereocenters. The molecule has 3 rings (SSSR count). The van der Waals surface area contributed by atoms with Crippen LogP contribution in [0.5, 0.6) is 0 Å². The molecule has 0 atom stereocenters. The minimum atomic E-state index is -0.620. The summed E-state index contributed by atoms with van der Waals surface area (Å²) in [7, 11) is -0.620. The van der Waals surface area contributed by atoms with E-state index in [1.54, 1.807) is 6.07 Å². The molecule has 0 spiro atoms. The summed E-state index contributed by atoms with van der Waals surface area (Å²) >= 11 is 0. The van der Waals surface area contributed by atoms with E-state index in [0.717, 1.165) is 24.8 Å². The van der Waals surface area contributed by atoms with E-state index >= 15 is 0 Å². The van der Waals surface area contributed by atoms with Crippen molar-refractivity contribution in [3.05, 3.63) is 29.6 Å². The lowest BCUT2D eigenvalue weighted by Gasteiger charge is -2.43. The average Bonchev–Trinajstić information content (AvgIpc) is 2.72. The predicted octanol–water partition coefficient (Wildman–Crippen LogP) is 4.07. The van der Waals surface area contributed by atoms with Crippen LogP contribution in [-0.2, 0) is 19.5 Å². The number of nitrogens with one attached hydrogen (secondary N) is 1. The molecule has 1 saturated heterocycles. The fraction of sp³-hybridized carbons (Fsp3) is 0.682. The third kappa shape index (κ3) is 4.61. The Morgan fingerprint density at radius 2 is 1.72 bits per heavy atom. The fourth-order valence-corrected chi connectivity index (χ4v) is 3.76. The lowest BCUT2D eigenvalue weighted by Crippen LogP contribution is -2.47. The number of hydrogen-bond acceptors (Lipinski definition) is 4. The lowest BCUT2D eigenvalue weighted by molar-refractivity contribution is 0.00578. The molecule has 0 aromatic heterocycles. The van der Waals surface area contributed by atoms with Gasteiger partial charge < -0.3 is 19.4 Å². The first-order valence-electron chi connectivity index (χ1n) is 10.4. The van der Waals surface area contributed by atoms with E-state index in [4.69, 9.17) is 14.0 Å². The van der Waals surface area contributed by atoms with Crippen LogP contribution in [0.2, 0.25) is 0 Å². The maximum atomic E-state index is 14.6. The second kappa shape index (κ2) is 7.27. The van der Waals surface area contributed by atoms with E-state index in [9.17, 15) is 9.18 Å². The third-order valence-corrected chi connectivity index (χ3v) is 6.34. The van der Waals surface area contributed by atoms with Crippen molar-refractivity contribution < 1.29 is 23.2 Å². The third-order valence-electron chi connectivity index (χ3n) is 6.34. The smallest absolute Gasteiger partial charge is 0.444 e. The number of amides is 1. The van der Waals surface area contributed by atoms with Gasteiger partial charge in [-0.05, 0) is 84.5 Å². The van der Waals surface area contributed by atoms with E-state index in [-0.39, 0.29) is 11.2 Å². The van der Waals surface area contributed by atoms with Crippen molar-refractivity contribution in [3.63, 3.8) is 0 Å². The van der Waals surface area contributed by atoms with Gasteiger partial charge in [-0.15, -0.1) is 0 Å². The topological polar surface area (TPSA) is 56.8 Å². The predicted molar refractivity (Wildman–Crippen MR) is 112 cm³/mol. The zero-order chi connectivity index (χ0) is 21.7. The van der Waals surface area contributed by atoms with Crippen LogP contribution in [0.4, 0.5) is 9.18 Å². The maximum Gasteiger partial charge on any atom is 0.494 e. The van der Waals surface area contributed by atoms with Gasteiger partial charge in [0.1, 0.15) is 11.4 Å². The van der Waals surface area contributed by atoms with Gasteiger partial charge in [-0.3, -0.25) is 0 Å². The van der Waals surface area contributed by atoms with Crippen LogP contribution in [0.25, 0.3) is 0 Å². The van der Waals surface area contributed by atoms with Gasteiger partial charge in [0.25, 0.3) is 0 Å². The standard InChI is InChI=1S/C22H33BFNO4/c1-19(2,3)27-18(26)25-14-22(9-8-10-22)15-11-16(13-17(24)12-15)23-28-20(4,5)21(6,7)29-23/h11-13H,8-10,14H2,1-7H3,(H,25,26). The van der Waals surface area contributed by atoms with E-state index in [2.05, 4.69) is 5.32 Å². The quantitative estimate of drug-likeness (QED) is 0.768. The second-order valence-electron chi connectivity index (χ2n) is 10.4. The molecule has 2 aliphatic rings. The molecule has 5 nitrogen and oxygen atoms in total. The summed E-state index contributed by atoms with van der Waals surface area (Å²) < 4.78 is 32.1. The molecule has 1 N–H and O–H groups in total. The Labute approximate surface area is 173 Å². The fourth-order valence-electron chi connectivity index (χ4n) is 3.76. The minimum Gasteiger partial charge on any atom is -0.444 e. The summed E-state index contributed by atoms with van der Waals surface area (Å²) in [5.74, 6) is -0.323. The first-order valence-corrected chi connectivity index (χ1v) is 10.4. The molecule has 1 aliphatic carbocycles. The summed E-state index contributed by atoms with van der Waals surface area (Å²) in [6.45, 7) is 13.8. The SMILES string of the molecule is CC(C)(C)OC(=O)NCC1(c2cc(F)cc(B3OC(C)(C)C(C)(C)O3)c2)CCC1. The van der Waals surface area contributed by atoms with Crippen LogP contribution < -0.4 is 10.8 Å². The second-order valence-corrected chi connectivity index (χ2v) is 10.4. The maximum absolute atomic E-state index is 14.6.